The van der Waals surface area contributed by atoms with Gasteiger partial charge in [-0.1, -0.05) is 110 Å². The second-order valence-corrected chi connectivity index (χ2v) is 20.7. The first kappa shape index (κ1) is 47.1. The lowest BCUT2D eigenvalue weighted by Gasteiger charge is -2.46. The van der Waals surface area contributed by atoms with Gasteiger partial charge in [0.15, 0.2) is 0 Å². The van der Waals surface area contributed by atoms with Gasteiger partial charge in [-0.25, -0.2) is 8.42 Å². The smallest absolute Gasteiger partial charge is 0.210 e. The SMILES string of the molecule is CCCCCCCCCCCCCCCCCCOc1ccc(S(=O)(=O)c2cnc3ccc(SC)cc3c2N2CCC(N3CCN(C4CCN(CC)CC4)CC3)CC2)cc1. The van der Waals surface area contributed by atoms with Crippen molar-refractivity contribution in [2.24, 2.45) is 0 Å². The third kappa shape index (κ3) is 13.6. The molecule has 3 aliphatic rings. The molecule has 1 aromatic heterocycles. The number of benzene rings is 2. The number of piperazine rings is 1. The Morgan fingerprint density at radius 3 is 1.68 bits per heavy atom. The number of anilines is 1. The molecule has 0 saturated carbocycles. The van der Waals surface area contributed by atoms with Crippen molar-refractivity contribution >= 4 is 38.2 Å². The molecule has 2 aromatic carbocycles. The minimum Gasteiger partial charge on any atom is -0.494 e. The van der Waals surface area contributed by atoms with Crippen LogP contribution in [0, 0.1) is 0 Å². The number of unbranched alkanes of at least 4 members (excludes halogenated alkanes) is 15. The van der Waals surface area contributed by atoms with E-state index in [0.717, 1.165) is 91.8 Å². The summed E-state index contributed by atoms with van der Waals surface area (Å²) in [7, 11) is -3.84. The van der Waals surface area contributed by atoms with Gasteiger partial charge in [-0.2, -0.15) is 0 Å². The summed E-state index contributed by atoms with van der Waals surface area (Å²) in [6.07, 6.45) is 29.9. The largest absolute Gasteiger partial charge is 0.494 e. The molecule has 0 N–H and O–H groups in total. The molecular formula is C50H79N5O3S2. The second-order valence-electron chi connectivity index (χ2n) is 17.9. The highest BCUT2D eigenvalue weighted by atomic mass is 32.2. The molecule has 0 radical (unpaired) electrons. The van der Waals surface area contributed by atoms with Crippen LogP contribution in [0.2, 0.25) is 0 Å². The number of aromatic nitrogens is 1. The van der Waals surface area contributed by atoms with E-state index in [2.05, 4.69) is 51.8 Å². The number of sulfone groups is 1. The van der Waals surface area contributed by atoms with E-state index in [0.29, 0.717) is 17.5 Å². The third-order valence-electron chi connectivity index (χ3n) is 13.9. The molecule has 0 amide bonds. The molecule has 334 valence electrons. The lowest BCUT2D eigenvalue weighted by Crippen LogP contribution is -2.56. The number of hydrogen-bond acceptors (Lipinski definition) is 9. The minimum absolute atomic E-state index is 0.286. The van der Waals surface area contributed by atoms with E-state index < -0.39 is 9.84 Å². The van der Waals surface area contributed by atoms with Crippen molar-refractivity contribution < 1.29 is 13.2 Å². The van der Waals surface area contributed by atoms with Crippen LogP contribution in [0.1, 0.15) is 142 Å². The summed E-state index contributed by atoms with van der Waals surface area (Å²) < 4.78 is 35.1. The van der Waals surface area contributed by atoms with Gasteiger partial charge >= 0.3 is 0 Å². The molecule has 3 saturated heterocycles. The molecule has 0 bridgehead atoms. The molecule has 0 spiro atoms. The minimum atomic E-state index is -3.84. The topological polar surface area (TPSA) is 69.2 Å². The van der Waals surface area contributed by atoms with E-state index in [1.807, 2.05) is 18.2 Å². The lowest BCUT2D eigenvalue weighted by atomic mass is 9.99. The number of thioether (sulfide) groups is 1. The average Bonchev–Trinajstić information content (AvgIpc) is 3.29. The van der Waals surface area contributed by atoms with Crippen LogP contribution < -0.4 is 9.64 Å². The third-order valence-corrected chi connectivity index (χ3v) is 16.4. The zero-order chi connectivity index (χ0) is 42.0. The van der Waals surface area contributed by atoms with E-state index in [4.69, 9.17) is 9.72 Å². The monoisotopic (exact) mass is 862 g/mol. The number of fused-ring (bicyclic) bond motifs is 1. The summed E-state index contributed by atoms with van der Waals surface area (Å²) in [5, 5.41) is 0.919. The van der Waals surface area contributed by atoms with E-state index in [-0.39, 0.29) is 4.90 Å². The quantitative estimate of drug-likeness (QED) is 0.0612. The summed E-state index contributed by atoms with van der Waals surface area (Å²) in [5.41, 5.74) is 1.64. The van der Waals surface area contributed by atoms with Gasteiger partial charge in [0, 0.05) is 67.8 Å². The van der Waals surface area contributed by atoms with Crippen LogP contribution in [-0.2, 0) is 9.84 Å². The molecule has 0 aliphatic carbocycles. The first-order chi connectivity index (χ1) is 29.4. The predicted octanol–water partition coefficient (Wildman–Crippen LogP) is 11.5. The Morgan fingerprint density at radius 2 is 1.17 bits per heavy atom. The van der Waals surface area contributed by atoms with Gasteiger partial charge in [-0.15, -0.1) is 11.8 Å². The molecule has 0 unspecified atom stereocenters. The lowest BCUT2D eigenvalue weighted by molar-refractivity contribution is 0.0384. The van der Waals surface area contributed by atoms with Crippen LogP contribution in [0.25, 0.3) is 10.9 Å². The Morgan fingerprint density at radius 1 is 0.650 bits per heavy atom. The van der Waals surface area contributed by atoms with Gasteiger partial charge in [0.25, 0.3) is 0 Å². The first-order valence-electron chi connectivity index (χ1n) is 24.3. The number of pyridine rings is 1. The van der Waals surface area contributed by atoms with Gasteiger partial charge in [-0.3, -0.25) is 14.8 Å². The Balaban J connectivity index is 0.964. The zero-order valence-electron chi connectivity index (χ0n) is 37.8. The summed E-state index contributed by atoms with van der Waals surface area (Å²) in [6.45, 7) is 15.1. The van der Waals surface area contributed by atoms with Crippen LogP contribution in [0.3, 0.4) is 0 Å². The molecular weight excluding hydrogens is 783 g/mol. The summed E-state index contributed by atoms with van der Waals surface area (Å²) >= 11 is 1.68. The highest BCUT2D eigenvalue weighted by Gasteiger charge is 2.34. The van der Waals surface area contributed by atoms with Crippen LogP contribution in [-0.4, -0.2) is 112 Å². The fraction of sp³-hybridized carbons (Fsp3) is 0.700. The number of rotatable bonds is 25. The number of nitrogens with zero attached hydrogens (tertiary/aromatic N) is 5. The highest BCUT2D eigenvalue weighted by molar-refractivity contribution is 7.98. The number of ether oxygens (including phenoxy) is 1. The van der Waals surface area contributed by atoms with Gasteiger partial charge in [0.1, 0.15) is 10.6 Å². The Hall–Kier alpha value is -2.37. The molecule has 3 aliphatic heterocycles. The molecule has 3 fully saturated rings. The predicted molar refractivity (Wildman–Crippen MR) is 254 cm³/mol. The fourth-order valence-corrected chi connectivity index (χ4v) is 11.9. The van der Waals surface area contributed by atoms with Crippen molar-refractivity contribution in [1.29, 1.82) is 0 Å². The van der Waals surface area contributed by atoms with Crippen LogP contribution in [0.4, 0.5) is 5.69 Å². The highest BCUT2D eigenvalue weighted by Crippen LogP contribution is 2.39. The van der Waals surface area contributed by atoms with Crippen molar-refractivity contribution in [3.63, 3.8) is 0 Å². The van der Waals surface area contributed by atoms with Crippen molar-refractivity contribution in [3.8, 4) is 5.75 Å². The van der Waals surface area contributed by atoms with Crippen molar-refractivity contribution in [2.45, 2.75) is 169 Å². The van der Waals surface area contributed by atoms with E-state index in [9.17, 15) is 8.42 Å². The van der Waals surface area contributed by atoms with Crippen LogP contribution in [0.5, 0.6) is 5.75 Å². The van der Waals surface area contributed by atoms with Crippen molar-refractivity contribution in [2.75, 3.05) is 76.7 Å². The van der Waals surface area contributed by atoms with Gasteiger partial charge in [0.2, 0.25) is 9.84 Å². The first-order valence-corrected chi connectivity index (χ1v) is 27.0. The van der Waals surface area contributed by atoms with Gasteiger partial charge in [-0.05, 0) is 100 Å². The second kappa shape index (κ2) is 25.1. The Bertz CT molecular complexity index is 1780. The van der Waals surface area contributed by atoms with E-state index in [1.54, 1.807) is 30.1 Å². The molecule has 60 heavy (non-hydrogen) atoms. The molecule has 4 heterocycles. The maximum absolute atomic E-state index is 14.5. The normalized spacial score (nSPS) is 18.1. The average molecular weight is 862 g/mol. The Kier molecular flexibility index (Phi) is 19.7. The van der Waals surface area contributed by atoms with Gasteiger partial charge in [0.05, 0.1) is 22.7 Å². The van der Waals surface area contributed by atoms with Crippen molar-refractivity contribution in [1.82, 2.24) is 19.7 Å². The molecule has 10 heteroatoms. The maximum atomic E-state index is 14.5. The summed E-state index contributed by atoms with van der Waals surface area (Å²) in [4.78, 5) is 16.8. The molecule has 6 rings (SSSR count). The molecule has 0 atom stereocenters. The Labute approximate surface area is 369 Å². The summed E-state index contributed by atoms with van der Waals surface area (Å²) in [6, 6.07) is 14.6. The van der Waals surface area contributed by atoms with Crippen LogP contribution in [0.15, 0.2) is 63.3 Å². The maximum Gasteiger partial charge on any atom is 0.210 e. The summed E-state index contributed by atoms with van der Waals surface area (Å²) in [5.74, 6) is 0.723. The molecule has 3 aromatic rings. The standard InChI is InChI=1S/C50H79N5O3S2/c1-4-6-7-8-9-10-11-12-13-14-15-16-17-18-19-20-39-58-44-21-24-46(25-22-44)60(56,57)49-41-51-48-26-23-45(59-3)40-47(48)50(49)55-33-29-43(30-34-55)54-37-35-53(36-38-54)42-27-31-52(5-2)32-28-42/h21-26,40-43H,4-20,27-39H2,1-3H3. The van der Waals surface area contributed by atoms with Crippen molar-refractivity contribution in [3.05, 3.63) is 48.7 Å². The molecule has 8 nitrogen and oxygen atoms in total. The van der Waals surface area contributed by atoms with E-state index >= 15 is 0 Å². The number of likely N-dealkylation sites (tertiary alicyclic amines) is 1. The fourth-order valence-electron chi connectivity index (χ4n) is 9.99. The number of piperidine rings is 2. The van der Waals surface area contributed by atoms with Crippen LogP contribution >= 0.6 is 11.8 Å². The zero-order valence-corrected chi connectivity index (χ0v) is 39.4. The van der Waals surface area contributed by atoms with E-state index in [1.165, 1.54) is 129 Å². The van der Waals surface area contributed by atoms with Gasteiger partial charge < -0.3 is 14.5 Å². The number of hydrogen-bond donors (Lipinski definition) is 0.